The Labute approximate surface area is 131 Å². The second-order valence-electron chi connectivity index (χ2n) is 6.80. The van der Waals surface area contributed by atoms with Crippen molar-refractivity contribution in [2.45, 2.75) is 56.7 Å². The van der Waals surface area contributed by atoms with Crippen LogP contribution in [0.5, 0.6) is 0 Å². The molecule has 1 amide bonds. The molecule has 7 nitrogen and oxygen atoms in total. The van der Waals surface area contributed by atoms with Crippen LogP contribution in [-0.2, 0) is 10.0 Å². The minimum absolute atomic E-state index is 0.0256. The Morgan fingerprint density at radius 2 is 1.73 bits per heavy atom. The van der Waals surface area contributed by atoms with Gasteiger partial charge in [-0.1, -0.05) is 0 Å². The first-order valence-corrected chi connectivity index (χ1v) is 9.78. The highest BCUT2D eigenvalue weighted by Gasteiger charge is 2.47. The summed E-state index contributed by atoms with van der Waals surface area (Å²) in [5, 5.41) is 14.6. The molecule has 3 aliphatic heterocycles. The van der Waals surface area contributed by atoms with Crippen LogP contribution in [0.1, 0.15) is 38.5 Å². The van der Waals surface area contributed by atoms with Gasteiger partial charge in [0.05, 0.1) is 5.75 Å². The topological polar surface area (TPSA) is 98.7 Å². The summed E-state index contributed by atoms with van der Waals surface area (Å²) in [5.74, 6) is 0.499. The van der Waals surface area contributed by atoms with Crippen LogP contribution >= 0.6 is 0 Å². The lowest BCUT2D eigenvalue weighted by Gasteiger charge is -2.38. The summed E-state index contributed by atoms with van der Waals surface area (Å²) in [5.41, 5.74) is 0. The summed E-state index contributed by atoms with van der Waals surface area (Å²) < 4.78 is 27.3. The SMILES string of the molecule is O=C(O)NC1C[C@H]2CC[C@@H](C1)N2S(=O)(=O)CC1CCNCC1. The zero-order valence-corrected chi connectivity index (χ0v) is 13.5. The lowest BCUT2D eigenvalue weighted by Crippen LogP contribution is -2.53. The average Bonchev–Trinajstić information content (AvgIpc) is 2.72. The summed E-state index contributed by atoms with van der Waals surface area (Å²) >= 11 is 0. The van der Waals surface area contributed by atoms with Crippen molar-refractivity contribution < 1.29 is 18.3 Å². The first-order chi connectivity index (χ1) is 10.5. The average molecular weight is 331 g/mol. The van der Waals surface area contributed by atoms with Gasteiger partial charge in [0.25, 0.3) is 0 Å². The van der Waals surface area contributed by atoms with E-state index in [1.165, 1.54) is 0 Å². The van der Waals surface area contributed by atoms with Crippen molar-refractivity contribution in [3.05, 3.63) is 0 Å². The standard InChI is InChI=1S/C14H25N3O4S/c18-14(19)16-11-7-12-1-2-13(8-11)17(12)22(20,21)9-10-3-5-15-6-4-10/h10-13,15-16H,1-9H2,(H,18,19)/t11?,12-,13+. The molecule has 3 rings (SSSR count). The zero-order chi connectivity index (χ0) is 15.7. The maximum atomic E-state index is 12.8. The van der Waals surface area contributed by atoms with E-state index in [1.807, 2.05) is 0 Å². The monoisotopic (exact) mass is 331 g/mol. The lowest BCUT2D eigenvalue weighted by atomic mass is 10.00. The summed E-state index contributed by atoms with van der Waals surface area (Å²) in [7, 11) is -3.24. The van der Waals surface area contributed by atoms with Gasteiger partial charge in [-0.25, -0.2) is 13.2 Å². The zero-order valence-electron chi connectivity index (χ0n) is 12.7. The summed E-state index contributed by atoms with van der Waals surface area (Å²) in [6.07, 6.45) is 3.75. The molecule has 3 saturated heterocycles. The predicted molar refractivity (Wildman–Crippen MR) is 82.2 cm³/mol. The van der Waals surface area contributed by atoms with E-state index in [9.17, 15) is 13.2 Å². The Morgan fingerprint density at radius 1 is 1.14 bits per heavy atom. The van der Waals surface area contributed by atoms with Crippen molar-refractivity contribution in [2.24, 2.45) is 5.92 Å². The molecule has 0 radical (unpaired) electrons. The lowest BCUT2D eigenvalue weighted by molar-refractivity contribution is 0.169. The molecular formula is C14H25N3O4S. The molecular weight excluding hydrogens is 306 g/mol. The Bertz CT molecular complexity index is 504. The van der Waals surface area contributed by atoms with Gasteiger partial charge >= 0.3 is 6.09 Å². The third-order valence-electron chi connectivity index (χ3n) is 5.22. The molecule has 3 aliphatic rings. The normalized spacial score (nSPS) is 33.7. The number of piperidine rings is 2. The number of fused-ring (bicyclic) bond motifs is 2. The first kappa shape index (κ1) is 16.0. The maximum Gasteiger partial charge on any atom is 0.404 e. The van der Waals surface area contributed by atoms with Gasteiger partial charge in [-0.15, -0.1) is 0 Å². The van der Waals surface area contributed by atoms with Crippen LogP contribution in [0.2, 0.25) is 0 Å². The number of nitrogens with zero attached hydrogens (tertiary/aromatic N) is 1. The van der Waals surface area contributed by atoms with Crippen LogP contribution in [0.25, 0.3) is 0 Å². The quantitative estimate of drug-likeness (QED) is 0.700. The van der Waals surface area contributed by atoms with Gasteiger partial charge in [-0.3, -0.25) is 0 Å². The van der Waals surface area contributed by atoms with E-state index >= 15 is 0 Å². The molecule has 22 heavy (non-hydrogen) atoms. The largest absolute Gasteiger partial charge is 0.465 e. The van der Waals surface area contributed by atoms with Crippen molar-refractivity contribution in [3.63, 3.8) is 0 Å². The van der Waals surface area contributed by atoms with Crippen molar-refractivity contribution >= 4 is 16.1 Å². The third-order valence-corrected chi connectivity index (χ3v) is 7.35. The molecule has 3 N–H and O–H groups in total. The van der Waals surface area contributed by atoms with E-state index in [-0.39, 0.29) is 29.8 Å². The van der Waals surface area contributed by atoms with Crippen molar-refractivity contribution in [2.75, 3.05) is 18.8 Å². The van der Waals surface area contributed by atoms with Crippen LogP contribution < -0.4 is 10.6 Å². The van der Waals surface area contributed by atoms with Crippen molar-refractivity contribution in [1.82, 2.24) is 14.9 Å². The van der Waals surface area contributed by atoms with Crippen molar-refractivity contribution in [1.29, 1.82) is 0 Å². The summed E-state index contributed by atoms with van der Waals surface area (Å²) in [6, 6.07) is -0.162. The molecule has 3 fully saturated rings. The molecule has 126 valence electrons. The fourth-order valence-corrected chi connectivity index (χ4v) is 6.71. The Kier molecular flexibility index (Phi) is 4.61. The Balaban J connectivity index is 1.66. The van der Waals surface area contributed by atoms with E-state index < -0.39 is 16.1 Å². The molecule has 8 heteroatoms. The molecule has 0 aromatic rings. The number of amides is 1. The van der Waals surface area contributed by atoms with Crippen LogP contribution in [0.3, 0.4) is 0 Å². The fourth-order valence-electron chi connectivity index (χ4n) is 4.31. The van der Waals surface area contributed by atoms with Gasteiger partial charge in [0.15, 0.2) is 0 Å². The number of hydrogen-bond donors (Lipinski definition) is 3. The minimum atomic E-state index is -3.24. The molecule has 0 aromatic carbocycles. The van der Waals surface area contributed by atoms with Gasteiger partial charge in [0.2, 0.25) is 10.0 Å². The highest BCUT2D eigenvalue weighted by molar-refractivity contribution is 7.89. The van der Waals surface area contributed by atoms with E-state index in [4.69, 9.17) is 5.11 Å². The van der Waals surface area contributed by atoms with Crippen molar-refractivity contribution in [3.8, 4) is 0 Å². The van der Waals surface area contributed by atoms with Gasteiger partial charge < -0.3 is 15.7 Å². The molecule has 3 heterocycles. The summed E-state index contributed by atoms with van der Waals surface area (Å²) in [6.45, 7) is 1.80. The summed E-state index contributed by atoms with van der Waals surface area (Å²) in [4.78, 5) is 10.8. The van der Waals surface area contributed by atoms with E-state index in [0.717, 1.165) is 38.8 Å². The highest BCUT2D eigenvalue weighted by atomic mass is 32.2. The number of sulfonamides is 1. The number of nitrogens with one attached hydrogen (secondary N) is 2. The Morgan fingerprint density at radius 3 is 2.27 bits per heavy atom. The Hall–Kier alpha value is -0.860. The molecule has 1 unspecified atom stereocenters. The van der Waals surface area contributed by atoms with Crippen LogP contribution in [0.4, 0.5) is 4.79 Å². The van der Waals surface area contributed by atoms with Crippen LogP contribution in [0, 0.1) is 5.92 Å². The first-order valence-electron chi connectivity index (χ1n) is 8.17. The van der Waals surface area contributed by atoms with Gasteiger partial charge in [-0.05, 0) is 57.5 Å². The number of carboxylic acid groups (broad SMARTS) is 1. The molecule has 3 atom stereocenters. The molecule has 0 aliphatic carbocycles. The molecule has 2 bridgehead atoms. The van der Waals surface area contributed by atoms with Crippen LogP contribution in [-0.4, -0.2) is 60.9 Å². The van der Waals surface area contributed by atoms with E-state index in [2.05, 4.69) is 10.6 Å². The van der Waals surface area contributed by atoms with Gasteiger partial charge in [0.1, 0.15) is 0 Å². The number of carbonyl (C=O) groups is 1. The number of hydrogen-bond acceptors (Lipinski definition) is 4. The maximum absolute atomic E-state index is 12.8. The number of rotatable bonds is 4. The second-order valence-corrected chi connectivity index (χ2v) is 8.72. The second kappa shape index (κ2) is 6.33. The highest BCUT2D eigenvalue weighted by Crippen LogP contribution is 2.38. The van der Waals surface area contributed by atoms with E-state index in [1.54, 1.807) is 4.31 Å². The smallest absolute Gasteiger partial charge is 0.404 e. The van der Waals surface area contributed by atoms with Crippen LogP contribution in [0.15, 0.2) is 0 Å². The minimum Gasteiger partial charge on any atom is -0.465 e. The molecule has 0 saturated carbocycles. The van der Waals surface area contributed by atoms with Gasteiger partial charge in [-0.2, -0.15) is 4.31 Å². The fraction of sp³-hybridized carbons (Fsp3) is 0.929. The predicted octanol–water partition coefficient (Wildman–Crippen LogP) is 0.579. The third kappa shape index (κ3) is 3.38. The van der Waals surface area contributed by atoms with E-state index in [0.29, 0.717) is 12.8 Å². The molecule has 0 aromatic heterocycles. The molecule has 0 spiro atoms. The van der Waals surface area contributed by atoms with Gasteiger partial charge in [0, 0.05) is 18.1 Å².